The Labute approximate surface area is 131 Å². The van der Waals surface area contributed by atoms with Crippen molar-refractivity contribution < 1.29 is 19.1 Å². The number of methoxy groups -OCH3 is 1. The van der Waals surface area contributed by atoms with Gasteiger partial charge in [0.1, 0.15) is 5.75 Å². The van der Waals surface area contributed by atoms with Gasteiger partial charge in [0.2, 0.25) is 0 Å². The number of hydrogen-bond acceptors (Lipinski definition) is 4. The fourth-order valence-electron chi connectivity index (χ4n) is 1.58. The van der Waals surface area contributed by atoms with E-state index >= 15 is 0 Å². The lowest BCUT2D eigenvalue weighted by atomic mass is 10.2. The highest BCUT2D eigenvalue weighted by Crippen LogP contribution is 2.23. The number of hydrogen-bond donors (Lipinski definition) is 0. The number of halogens is 2. The van der Waals surface area contributed by atoms with Crippen LogP contribution in [0.3, 0.4) is 0 Å². The third-order valence-corrected chi connectivity index (χ3v) is 3.39. The van der Waals surface area contributed by atoms with Crippen molar-refractivity contribution in [1.82, 2.24) is 0 Å². The Hall–Kier alpha value is -2.04. The Morgan fingerprint density at radius 3 is 2.19 bits per heavy atom. The Morgan fingerprint density at radius 1 is 0.905 bits per heavy atom. The van der Waals surface area contributed by atoms with Crippen molar-refractivity contribution in [2.45, 2.75) is 0 Å². The fraction of sp³-hybridized carbons (Fsp3) is 0.0667. The quantitative estimate of drug-likeness (QED) is 0.632. The summed E-state index contributed by atoms with van der Waals surface area (Å²) in [5, 5.41) is 0.521. The predicted octanol–water partition coefficient (Wildman–Crippen LogP) is 4.00. The first-order valence-electron chi connectivity index (χ1n) is 5.87. The zero-order valence-electron chi connectivity index (χ0n) is 10.9. The Bertz CT molecular complexity index is 698. The highest BCUT2D eigenvalue weighted by molar-refractivity contribution is 6.42. The molecule has 0 aliphatic carbocycles. The first-order chi connectivity index (χ1) is 10.0. The average Bonchev–Trinajstić information content (AvgIpc) is 2.49. The van der Waals surface area contributed by atoms with E-state index in [4.69, 9.17) is 32.7 Å². The second-order valence-corrected chi connectivity index (χ2v) is 4.85. The molecule has 0 N–H and O–H groups in total. The summed E-state index contributed by atoms with van der Waals surface area (Å²) < 4.78 is 9.78. The molecule has 2 rings (SSSR count). The number of carbonyl (C=O) groups is 2. The maximum absolute atomic E-state index is 11.9. The molecule has 0 radical (unpaired) electrons. The molecule has 0 fully saturated rings. The number of benzene rings is 2. The normalized spacial score (nSPS) is 10.0. The van der Waals surface area contributed by atoms with Crippen molar-refractivity contribution in [1.29, 1.82) is 0 Å². The van der Waals surface area contributed by atoms with Gasteiger partial charge in [0, 0.05) is 0 Å². The molecule has 0 amide bonds. The summed E-state index contributed by atoms with van der Waals surface area (Å²) in [6.07, 6.45) is 0. The largest absolute Gasteiger partial charge is 0.497 e. The topological polar surface area (TPSA) is 52.6 Å². The molecule has 0 spiro atoms. The van der Waals surface area contributed by atoms with E-state index in [2.05, 4.69) is 0 Å². The molecule has 0 aliphatic heterocycles. The summed E-state index contributed by atoms with van der Waals surface area (Å²) >= 11 is 11.6. The van der Waals surface area contributed by atoms with Crippen molar-refractivity contribution in [2.24, 2.45) is 0 Å². The number of rotatable bonds is 3. The molecule has 0 atom stereocenters. The summed E-state index contributed by atoms with van der Waals surface area (Å²) in [6.45, 7) is 0. The molecule has 4 nitrogen and oxygen atoms in total. The lowest BCUT2D eigenvalue weighted by Crippen LogP contribution is -2.12. The van der Waals surface area contributed by atoms with E-state index in [1.165, 1.54) is 37.4 Å². The van der Waals surface area contributed by atoms with Crippen LogP contribution in [0.1, 0.15) is 20.7 Å². The van der Waals surface area contributed by atoms with Gasteiger partial charge in [0.15, 0.2) is 0 Å². The molecule has 21 heavy (non-hydrogen) atoms. The lowest BCUT2D eigenvalue weighted by Gasteiger charge is -2.05. The molecule has 0 bridgehead atoms. The summed E-state index contributed by atoms with van der Waals surface area (Å²) in [4.78, 5) is 23.8. The van der Waals surface area contributed by atoms with Crippen LogP contribution in [0.4, 0.5) is 0 Å². The van der Waals surface area contributed by atoms with Crippen LogP contribution >= 0.6 is 23.2 Å². The highest BCUT2D eigenvalue weighted by Gasteiger charge is 2.16. The van der Waals surface area contributed by atoms with E-state index < -0.39 is 11.9 Å². The van der Waals surface area contributed by atoms with Crippen LogP contribution in [0.15, 0.2) is 42.5 Å². The molecule has 0 saturated heterocycles. The molecule has 0 aromatic heterocycles. The van der Waals surface area contributed by atoms with Crippen LogP contribution in [-0.2, 0) is 4.74 Å². The summed E-state index contributed by atoms with van der Waals surface area (Å²) in [5.41, 5.74) is 0.350. The lowest BCUT2D eigenvalue weighted by molar-refractivity contribution is 0.0397. The van der Waals surface area contributed by atoms with Crippen LogP contribution in [0, 0.1) is 0 Å². The van der Waals surface area contributed by atoms with Gasteiger partial charge >= 0.3 is 11.9 Å². The van der Waals surface area contributed by atoms with Crippen LogP contribution in [0.2, 0.25) is 10.0 Å². The number of ether oxygens (including phenoxy) is 2. The molecule has 0 saturated carbocycles. The second-order valence-electron chi connectivity index (χ2n) is 4.04. The fourth-order valence-corrected chi connectivity index (χ4v) is 1.87. The zero-order valence-corrected chi connectivity index (χ0v) is 12.4. The standard InChI is InChI=1S/C15H10Cl2O4/c1-20-11-4-2-3-9(7-11)14(18)21-15(19)10-5-6-12(16)13(17)8-10/h2-8H,1H3. The third-order valence-electron chi connectivity index (χ3n) is 2.65. The van der Waals surface area contributed by atoms with Gasteiger partial charge < -0.3 is 9.47 Å². The van der Waals surface area contributed by atoms with Gasteiger partial charge in [-0.2, -0.15) is 0 Å². The number of esters is 2. The molecule has 6 heteroatoms. The van der Waals surface area contributed by atoms with Crippen LogP contribution in [-0.4, -0.2) is 19.0 Å². The first kappa shape index (κ1) is 15.4. The maximum Gasteiger partial charge on any atom is 0.346 e. The minimum absolute atomic E-state index is 0.139. The molecule has 0 unspecified atom stereocenters. The molecule has 2 aromatic carbocycles. The Kier molecular flexibility index (Phi) is 4.83. The smallest absolute Gasteiger partial charge is 0.346 e. The molecule has 108 valence electrons. The van der Waals surface area contributed by atoms with Crippen LogP contribution in [0.25, 0.3) is 0 Å². The van der Waals surface area contributed by atoms with Crippen molar-refractivity contribution in [3.63, 3.8) is 0 Å². The van der Waals surface area contributed by atoms with Gasteiger partial charge in [-0.05, 0) is 36.4 Å². The van der Waals surface area contributed by atoms with Gasteiger partial charge in [-0.25, -0.2) is 9.59 Å². The highest BCUT2D eigenvalue weighted by atomic mass is 35.5. The monoisotopic (exact) mass is 324 g/mol. The summed E-state index contributed by atoms with van der Waals surface area (Å²) in [6, 6.07) is 10.5. The van der Waals surface area contributed by atoms with Gasteiger partial charge in [-0.3, -0.25) is 0 Å². The van der Waals surface area contributed by atoms with E-state index in [-0.39, 0.29) is 16.1 Å². The van der Waals surface area contributed by atoms with Crippen molar-refractivity contribution in [2.75, 3.05) is 7.11 Å². The SMILES string of the molecule is COc1cccc(C(=O)OC(=O)c2ccc(Cl)c(Cl)c2)c1. The van der Waals surface area contributed by atoms with Crippen LogP contribution < -0.4 is 4.74 Å². The number of carbonyl (C=O) groups excluding carboxylic acids is 2. The molecule has 0 heterocycles. The van der Waals surface area contributed by atoms with Crippen LogP contribution in [0.5, 0.6) is 5.75 Å². The molecular formula is C15H10Cl2O4. The van der Waals surface area contributed by atoms with E-state index in [0.29, 0.717) is 10.8 Å². The van der Waals surface area contributed by atoms with E-state index in [1.807, 2.05) is 0 Å². The minimum atomic E-state index is -0.804. The second kappa shape index (κ2) is 6.61. The van der Waals surface area contributed by atoms with Crippen molar-refractivity contribution >= 4 is 35.1 Å². The third kappa shape index (κ3) is 3.74. The van der Waals surface area contributed by atoms with Crippen molar-refractivity contribution in [3.05, 3.63) is 63.6 Å². The minimum Gasteiger partial charge on any atom is -0.497 e. The van der Waals surface area contributed by atoms with Gasteiger partial charge in [0.05, 0.1) is 28.3 Å². The van der Waals surface area contributed by atoms with E-state index in [0.717, 1.165) is 0 Å². The molecular weight excluding hydrogens is 315 g/mol. The van der Waals surface area contributed by atoms with Gasteiger partial charge in [-0.1, -0.05) is 29.3 Å². The Balaban J connectivity index is 2.14. The molecule has 2 aromatic rings. The molecule has 0 aliphatic rings. The summed E-state index contributed by atoms with van der Waals surface area (Å²) in [5.74, 6) is -1.09. The maximum atomic E-state index is 11.9. The van der Waals surface area contributed by atoms with Gasteiger partial charge in [-0.15, -0.1) is 0 Å². The van der Waals surface area contributed by atoms with E-state index in [1.54, 1.807) is 12.1 Å². The first-order valence-corrected chi connectivity index (χ1v) is 6.62. The summed E-state index contributed by atoms with van der Waals surface area (Å²) in [7, 11) is 1.48. The predicted molar refractivity (Wildman–Crippen MR) is 79.2 cm³/mol. The Morgan fingerprint density at radius 2 is 1.57 bits per heavy atom. The average molecular weight is 325 g/mol. The van der Waals surface area contributed by atoms with E-state index in [9.17, 15) is 9.59 Å². The van der Waals surface area contributed by atoms with Gasteiger partial charge in [0.25, 0.3) is 0 Å². The van der Waals surface area contributed by atoms with Crippen molar-refractivity contribution in [3.8, 4) is 5.75 Å². The zero-order chi connectivity index (χ0) is 15.4.